The van der Waals surface area contributed by atoms with E-state index in [-0.39, 0.29) is 6.10 Å². The molecule has 0 spiro atoms. The molecule has 0 aromatic heterocycles. The van der Waals surface area contributed by atoms with Crippen LogP contribution in [-0.4, -0.2) is 5.11 Å². The first-order chi connectivity index (χ1) is 9.08. The molecular weight excluding hydrogens is 232 g/mol. The lowest BCUT2D eigenvalue weighted by Gasteiger charge is -2.17. The van der Waals surface area contributed by atoms with Gasteiger partial charge in [-0.05, 0) is 55.9 Å². The van der Waals surface area contributed by atoms with Gasteiger partial charge in [-0.1, -0.05) is 48.0 Å². The summed E-state index contributed by atoms with van der Waals surface area (Å²) >= 11 is 0. The number of rotatable bonds is 4. The summed E-state index contributed by atoms with van der Waals surface area (Å²) < 4.78 is 0. The number of aryl methyl sites for hydroxylation is 4. The average Bonchev–Trinajstić information content (AvgIpc) is 2.36. The zero-order chi connectivity index (χ0) is 13.8. The van der Waals surface area contributed by atoms with Crippen molar-refractivity contribution in [2.24, 2.45) is 0 Å². The zero-order valence-corrected chi connectivity index (χ0v) is 12.0. The largest absolute Gasteiger partial charge is 0.388 e. The third-order valence-corrected chi connectivity index (χ3v) is 3.62. The molecule has 0 saturated carbocycles. The van der Waals surface area contributed by atoms with Crippen LogP contribution < -0.4 is 0 Å². The molecule has 2 rings (SSSR count). The lowest BCUT2D eigenvalue weighted by molar-refractivity contribution is 0.166. The molecule has 0 fully saturated rings. The molecule has 100 valence electrons. The van der Waals surface area contributed by atoms with Crippen LogP contribution in [0.25, 0.3) is 0 Å². The van der Waals surface area contributed by atoms with Crippen LogP contribution in [0.15, 0.2) is 42.5 Å². The Morgan fingerprint density at radius 2 is 1.53 bits per heavy atom. The van der Waals surface area contributed by atoms with E-state index in [2.05, 4.69) is 45.0 Å². The first-order valence-electron chi connectivity index (χ1n) is 6.87. The molecule has 1 atom stereocenters. The van der Waals surface area contributed by atoms with Gasteiger partial charge in [0.25, 0.3) is 0 Å². The topological polar surface area (TPSA) is 20.2 Å². The summed E-state index contributed by atoms with van der Waals surface area (Å²) in [5, 5.41) is 10.4. The van der Waals surface area contributed by atoms with Gasteiger partial charge in [0, 0.05) is 0 Å². The average molecular weight is 254 g/mol. The SMILES string of the molecule is Cc1cc(C)c(C(O)CCc2ccccc2)c(C)c1. The monoisotopic (exact) mass is 254 g/mol. The van der Waals surface area contributed by atoms with Gasteiger partial charge in [-0.15, -0.1) is 0 Å². The lowest BCUT2D eigenvalue weighted by atomic mass is 9.92. The zero-order valence-electron chi connectivity index (χ0n) is 12.0. The fourth-order valence-electron chi connectivity index (χ4n) is 2.81. The molecule has 1 nitrogen and oxygen atoms in total. The Labute approximate surface area is 115 Å². The van der Waals surface area contributed by atoms with Crippen LogP contribution in [0.2, 0.25) is 0 Å². The van der Waals surface area contributed by atoms with Crippen molar-refractivity contribution in [1.29, 1.82) is 0 Å². The quantitative estimate of drug-likeness (QED) is 0.863. The Kier molecular flexibility index (Phi) is 4.39. The molecule has 1 N–H and O–H groups in total. The van der Waals surface area contributed by atoms with E-state index in [1.54, 1.807) is 0 Å². The van der Waals surface area contributed by atoms with Gasteiger partial charge >= 0.3 is 0 Å². The Morgan fingerprint density at radius 3 is 2.11 bits per heavy atom. The maximum Gasteiger partial charge on any atom is 0.0798 e. The van der Waals surface area contributed by atoms with E-state index in [0.717, 1.165) is 18.4 Å². The van der Waals surface area contributed by atoms with Crippen molar-refractivity contribution in [2.45, 2.75) is 39.7 Å². The third-order valence-electron chi connectivity index (χ3n) is 3.62. The Morgan fingerprint density at radius 1 is 0.947 bits per heavy atom. The fraction of sp³-hybridized carbons (Fsp3) is 0.333. The second kappa shape index (κ2) is 6.03. The molecule has 0 amide bonds. The summed E-state index contributed by atoms with van der Waals surface area (Å²) in [6.45, 7) is 6.27. The van der Waals surface area contributed by atoms with Crippen molar-refractivity contribution in [3.05, 3.63) is 70.3 Å². The van der Waals surface area contributed by atoms with E-state index >= 15 is 0 Å². The van der Waals surface area contributed by atoms with Gasteiger partial charge in [0.2, 0.25) is 0 Å². The standard InChI is InChI=1S/C18H22O/c1-13-11-14(2)18(15(3)12-13)17(19)10-9-16-7-5-4-6-8-16/h4-8,11-12,17,19H,9-10H2,1-3H3. The van der Waals surface area contributed by atoms with Crippen LogP contribution in [0, 0.1) is 20.8 Å². The second-order valence-electron chi connectivity index (χ2n) is 5.35. The molecule has 0 aliphatic carbocycles. The van der Waals surface area contributed by atoms with Gasteiger partial charge in [-0.25, -0.2) is 0 Å². The van der Waals surface area contributed by atoms with Crippen LogP contribution in [0.4, 0.5) is 0 Å². The Hall–Kier alpha value is -1.60. The summed E-state index contributed by atoms with van der Waals surface area (Å²) in [4.78, 5) is 0. The van der Waals surface area contributed by atoms with Gasteiger partial charge in [0.05, 0.1) is 6.10 Å². The number of benzene rings is 2. The molecule has 19 heavy (non-hydrogen) atoms. The van der Waals surface area contributed by atoms with Gasteiger partial charge < -0.3 is 5.11 Å². The molecule has 0 bridgehead atoms. The van der Waals surface area contributed by atoms with Crippen LogP contribution >= 0.6 is 0 Å². The van der Waals surface area contributed by atoms with Crippen molar-refractivity contribution >= 4 is 0 Å². The van der Waals surface area contributed by atoms with E-state index in [1.165, 1.54) is 22.3 Å². The van der Waals surface area contributed by atoms with Crippen LogP contribution in [0.5, 0.6) is 0 Å². The summed E-state index contributed by atoms with van der Waals surface area (Å²) in [5.41, 5.74) is 6.02. The van der Waals surface area contributed by atoms with Gasteiger partial charge in [-0.2, -0.15) is 0 Å². The highest BCUT2D eigenvalue weighted by Crippen LogP contribution is 2.26. The van der Waals surface area contributed by atoms with Crippen LogP contribution in [0.1, 0.15) is 40.3 Å². The molecule has 0 aliphatic heterocycles. The molecular formula is C18H22O. The Bertz CT molecular complexity index is 520. The first-order valence-corrected chi connectivity index (χ1v) is 6.87. The highest BCUT2D eigenvalue weighted by Gasteiger charge is 2.13. The summed E-state index contributed by atoms with van der Waals surface area (Å²) in [6.07, 6.45) is 1.31. The second-order valence-corrected chi connectivity index (χ2v) is 5.35. The molecule has 0 aliphatic rings. The highest BCUT2D eigenvalue weighted by molar-refractivity contribution is 5.39. The van der Waals surface area contributed by atoms with Crippen molar-refractivity contribution in [1.82, 2.24) is 0 Å². The third kappa shape index (κ3) is 3.45. The molecule has 2 aromatic rings. The van der Waals surface area contributed by atoms with Crippen molar-refractivity contribution in [2.75, 3.05) is 0 Å². The predicted octanol–water partition coefficient (Wildman–Crippen LogP) is 4.28. The minimum Gasteiger partial charge on any atom is -0.388 e. The summed E-state index contributed by atoms with van der Waals surface area (Å²) in [7, 11) is 0. The summed E-state index contributed by atoms with van der Waals surface area (Å²) in [6, 6.07) is 14.6. The fourth-order valence-corrected chi connectivity index (χ4v) is 2.81. The van der Waals surface area contributed by atoms with Gasteiger partial charge in [0.15, 0.2) is 0 Å². The first kappa shape index (κ1) is 13.8. The highest BCUT2D eigenvalue weighted by atomic mass is 16.3. The van der Waals surface area contributed by atoms with Crippen molar-refractivity contribution in [3.63, 3.8) is 0 Å². The van der Waals surface area contributed by atoms with E-state index in [1.807, 2.05) is 18.2 Å². The molecule has 0 heterocycles. The molecule has 1 unspecified atom stereocenters. The Balaban J connectivity index is 2.10. The van der Waals surface area contributed by atoms with E-state index in [0.29, 0.717) is 0 Å². The van der Waals surface area contributed by atoms with Crippen molar-refractivity contribution in [3.8, 4) is 0 Å². The van der Waals surface area contributed by atoms with Crippen LogP contribution in [-0.2, 0) is 6.42 Å². The maximum absolute atomic E-state index is 10.4. The minimum atomic E-state index is -0.374. The number of hydrogen-bond donors (Lipinski definition) is 1. The van der Waals surface area contributed by atoms with Gasteiger partial charge in [-0.3, -0.25) is 0 Å². The molecule has 1 heteroatoms. The number of aliphatic hydroxyl groups is 1. The molecule has 0 radical (unpaired) electrons. The molecule has 0 saturated heterocycles. The minimum absolute atomic E-state index is 0.374. The summed E-state index contributed by atoms with van der Waals surface area (Å²) in [5.74, 6) is 0. The lowest BCUT2D eigenvalue weighted by Crippen LogP contribution is -2.05. The predicted molar refractivity (Wildman–Crippen MR) is 80.4 cm³/mol. The van der Waals surface area contributed by atoms with Crippen LogP contribution in [0.3, 0.4) is 0 Å². The number of hydrogen-bond acceptors (Lipinski definition) is 1. The van der Waals surface area contributed by atoms with E-state index < -0.39 is 0 Å². The normalized spacial score (nSPS) is 12.4. The van der Waals surface area contributed by atoms with E-state index in [9.17, 15) is 5.11 Å². The van der Waals surface area contributed by atoms with E-state index in [4.69, 9.17) is 0 Å². The van der Waals surface area contributed by atoms with Gasteiger partial charge in [0.1, 0.15) is 0 Å². The smallest absolute Gasteiger partial charge is 0.0798 e. The maximum atomic E-state index is 10.4. The number of aliphatic hydroxyl groups excluding tert-OH is 1. The molecule has 2 aromatic carbocycles. The van der Waals surface area contributed by atoms with Crippen molar-refractivity contribution < 1.29 is 5.11 Å².